The van der Waals surface area contributed by atoms with Gasteiger partial charge in [0.25, 0.3) is 0 Å². The van der Waals surface area contributed by atoms with Gasteiger partial charge < -0.3 is 19.7 Å². The quantitative estimate of drug-likeness (QED) is 0.852. The number of rotatable bonds is 5. The Bertz CT molecular complexity index is 908. The molecule has 0 saturated carbocycles. The molecule has 1 aromatic heterocycles. The van der Waals surface area contributed by atoms with Crippen LogP contribution in [-0.2, 0) is 4.74 Å². The van der Waals surface area contributed by atoms with Gasteiger partial charge in [-0.15, -0.1) is 0 Å². The Balaban J connectivity index is 1.63. The Morgan fingerprint density at radius 2 is 2.14 bits per heavy atom. The highest BCUT2D eigenvalue weighted by Gasteiger charge is 2.30. The zero-order valence-electron chi connectivity index (χ0n) is 16.8. The smallest absolute Gasteiger partial charge is 0.407 e. The number of ether oxygens (including phenoxy) is 2. The maximum Gasteiger partial charge on any atom is 0.407 e. The summed E-state index contributed by atoms with van der Waals surface area (Å²) in [5.74, 6) is 1.15. The summed E-state index contributed by atoms with van der Waals surface area (Å²) in [6.45, 7) is 7.77. The lowest BCUT2D eigenvalue weighted by atomic mass is 9.94. The van der Waals surface area contributed by atoms with Crippen LogP contribution in [-0.4, -0.2) is 43.4 Å². The van der Waals surface area contributed by atoms with Crippen LogP contribution in [0.1, 0.15) is 32.8 Å². The second kappa shape index (κ2) is 7.93. The van der Waals surface area contributed by atoms with Gasteiger partial charge in [-0.2, -0.15) is 5.26 Å². The van der Waals surface area contributed by atoms with Crippen molar-refractivity contribution in [2.24, 2.45) is 5.92 Å². The van der Waals surface area contributed by atoms with Gasteiger partial charge in [0, 0.05) is 31.2 Å². The predicted octanol–water partition coefficient (Wildman–Crippen LogP) is 3.47. The van der Waals surface area contributed by atoms with Gasteiger partial charge in [-0.05, 0) is 39.2 Å². The number of benzene rings is 1. The van der Waals surface area contributed by atoms with Crippen LogP contribution in [0.2, 0.25) is 0 Å². The van der Waals surface area contributed by atoms with Crippen molar-refractivity contribution in [1.82, 2.24) is 10.3 Å². The van der Waals surface area contributed by atoms with Gasteiger partial charge in [0.2, 0.25) is 0 Å². The molecule has 1 N–H and O–H groups in total. The molecule has 7 nitrogen and oxygen atoms in total. The summed E-state index contributed by atoms with van der Waals surface area (Å²) in [5.41, 5.74) is 1.73. The number of nitriles is 1. The summed E-state index contributed by atoms with van der Waals surface area (Å²) in [5, 5.41) is 13.2. The Kier molecular flexibility index (Phi) is 5.59. The highest BCUT2D eigenvalue weighted by molar-refractivity contribution is 5.97. The summed E-state index contributed by atoms with van der Waals surface area (Å²) in [7, 11) is 1.62. The van der Waals surface area contributed by atoms with Crippen LogP contribution in [0, 0.1) is 17.2 Å². The number of para-hydroxylation sites is 1. The zero-order valence-corrected chi connectivity index (χ0v) is 16.8. The van der Waals surface area contributed by atoms with E-state index in [0.29, 0.717) is 23.8 Å². The van der Waals surface area contributed by atoms with Crippen molar-refractivity contribution in [3.8, 4) is 11.8 Å². The average molecular weight is 382 g/mol. The lowest BCUT2D eigenvalue weighted by Gasteiger charge is -2.42. The standard InChI is InChI=1S/C21H26N4O3/c1-21(2,3)28-20(26)23-9-8-14-12-25(13-14)19-15(10-22)11-24-18-16(19)6-5-7-17(18)27-4/h5-7,11,14H,8-9,12-13H2,1-4H3,(H,23,26). The molecule has 7 heteroatoms. The molecule has 0 bridgehead atoms. The molecule has 2 heterocycles. The first-order valence-corrected chi connectivity index (χ1v) is 9.40. The summed E-state index contributed by atoms with van der Waals surface area (Å²) in [6, 6.07) is 8.00. The normalized spacial score (nSPS) is 14.3. The molecule has 0 atom stereocenters. The third kappa shape index (κ3) is 4.28. The van der Waals surface area contributed by atoms with Crippen LogP contribution in [0.25, 0.3) is 10.9 Å². The van der Waals surface area contributed by atoms with E-state index in [9.17, 15) is 10.1 Å². The van der Waals surface area contributed by atoms with Crippen molar-refractivity contribution in [2.75, 3.05) is 31.6 Å². The average Bonchev–Trinajstić information content (AvgIpc) is 2.61. The number of pyridine rings is 1. The number of fused-ring (bicyclic) bond motifs is 1. The fraction of sp³-hybridized carbons (Fsp3) is 0.476. The number of carbonyl (C=O) groups excluding carboxylic acids is 1. The predicted molar refractivity (Wildman–Crippen MR) is 108 cm³/mol. The zero-order chi connectivity index (χ0) is 20.3. The molecule has 148 valence electrons. The number of alkyl carbamates (subject to hydrolysis) is 1. The molecule has 1 fully saturated rings. The summed E-state index contributed by atoms with van der Waals surface area (Å²) in [4.78, 5) is 18.3. The lowest BCUT2D eigenvalue weighted by molar-refractivity contribution is 0.0524. The molecule has 0 radical (unpaired) electrons. The van der Waals surface area contributed by atoms with Gasteiger partial charge in [-0.1, -0.05) is 12.1 Å². The van der Waals surface area contributed by atoms with E-state index in [1.807, 2.05) is 39.0 Å². The van der Waals surface area contributed by atoms with E-state index in [0.717, 1.165) is 36.1 Å². The molecule has 1 amide bonds. The summed E-state index contributed by atoms with van der Waals surface area (Å²) >= 11 is 0. The first-order chi connectivity index (χ1) is 13.3. The highest BCUT2D eigenvalue weighted by Crippen LogP contribution is 2.37. The Morgan fingerprint density at radius 1 is 1.39 bits per heavy atom. The van der Waals surface area contributed by atoms with E-state index in [1.165, 1.54) is 0 Å². The third-order valence-electron chi connectivity index (χ3n) is 4.67. The number of methoxy groups -OCH3 is 1. The molecule has 2 aromatic rings. The molecule has 0 spiro atoms. The van der Waals surface area contributed by atoms with Gasteiger partial charge in [0.05, 0.1) is 18.4 Å². The van der Waals surface area contributed by atoms with E-state index in [-0.39, 0.29) is 6.09 Å². The minimum Gasteiger partial charge on any atom is -0.494 e. The van der Waals surface area contributed by atoms with Crippen LogP contribution >= 0.6 is 0 Å². The van der Waals surface area contributed by atoms with Crippen LogP contribution in [0.3, 0.4) is 0 Å². The van der Waals surface area contributed by atoms with Crippen LogP contribution in [0.4, 0.5) is 10.5 Å². The van der Waals surface area contributed by atoms with E-state index in [2.05, 4.69) is 21.3 Å². The number of hydrogen-bond acceptors (Lipinski definition) is 6. The highest BCUT2D eigenvalue weighted by atomic mass is 16.6. The maximum atomic E-state index is 11.7. The van der Waals surface area contributed by atoms with Gasteiger partial charge >= 0.3 is 6.09 Å². The second-order valence-electron chi connectivity index (χ2n) is 7.98. The van der Waals surface area contributed by atoms with Crippen molar-refractivity contribution in [3.63, 3.8) is 0 Å². The number of aromatic nitrogens is 1. The van der Waals surface area contributed by atoms with Gasteiger partial charge in [0.15, 0.2) is 0 Å². The second-order valence-corrected chi connectivity index (χ2v) is 7.98. The molecular formula is C21H26N4O3. The number of carbonyl (C=O) groups is 1. The van der Waals surface area contributed by atoms with Crippen LogP contribution in [0.15, 0.2) is 24.4 Å². The third-order valence-corrected chi connectivity index (χ3v) is 4.67. The van der Waals surface area contributed by atoms with Crippen LogP contribution in [0.5, 0.6) is 5.75 Å². The van der Waals surface area contributed by atoms with Crippen molar-refractivity contribution in [1.29, 1.82) is 5.26 Å². The van der Waals surface area contributed by atoms with E-state index in [4.69, 9.17) is 9.47 Å². The molecule has 1 aromatic carbocycles. The number of nitrogens with zero attached hydrogens (tertiary/aromatic N) is 3. The first-order valence-electron chi connectivity index (χ1n) is 9.40. The van der Waals surface area contributed by atoms with E-state index < -0.39 is 5.60 Å². The molecule has 0 unspecified atom stereocenters. The minimum atomic E-state index is -0.492. The molecule has 0 aliphatic carbocycles. The molecule has 1 aliphatic rings. The van der Waals surface area contributed by atoms with Gasteiger partial charge in [-0.3, -0.25) is 4.98 Å². The Labute approximate surface area is 165 Å². The van der Waals surface area contributed by atoms with E-state index >= 15 is 0 Å². The fourth-order valence-electron chi connectivity index (χ4n) is 3.40. The van der Waals surface area contributed by atoms with Crippen LogP contribution < -0.4 is 15.0 Å². The fourth-order valence-corrected chi connectivity index (χ4v) is 3.40. The number of hydrogen-bond donors (Lipinski definition) is 1. The summed E-state index contributed by atoms with van der Waals surface area (Å²) < 4.78 is 10.6. The Hall–Kier alpha value is -3.01. The maximum absolute atomic E-state index is 11.7. The monoisotopic (exact) mass is 382 g/mol. The molecule has 28 heavy (non-hydrogen) atoms. The lowest BCUT2D eigenvalue weighted by Crippen LogP contribution is -2.48. The molecular weight excluding hydrogens is 356 g/mol. The van der Waals surface area contributed by atoms with Gasteiger partial charge in [0.1, 0.15) is 22.9 Å². The molecule has 1 saturated heterocycles. The van der Waals surface area contributed by atoms with E-state index in [1.54, 1.807) is 13.3 Å². The Morgan fingerprint density at radius 3 is 2.79 bits per heavy atom. The molecule has 3 rings (SSSR count). The first kappa shape index (κ1) is 19.7. The van der Waals surface area contributed by atoms with Crippen molar-refractivity contribution in [3.05, 3.63) is 30.0 Å². The number of amides is 1. The SMILES string of the molecule is COc1cccc2c(N3CC(CCNC(=O)OC(C)(C)C)C3)c(C#N)cnc12. The largest absolute Gasteiger partial charge is 0.494 e. The topological polar surface area (TPSA) is 87.5 Å². The van der Waals surface area contributed by atoms with Crippen molar-refractivity contribution in [2.45, 2.75) is 32.8 Å². The molecule has 1 aliphatic heterocycles. The van der Waals surface area contributed by atoms with Crippen molar-refractivity contribution >= 4 is 22.7 Å². The van der Waals surface area contributed by atoms with Gasteiger partial charge in [-0.25, -0.2) is 4.79 Å². The minimum absolute atomic E-state index is 0.386. The summed E-state index contributed by atoms with van der Waals surface area (Å²) in [6.07, 6.45) is 2.09. The number of anilines is 1. The van der Waals surface area contributed by atoms with Crippen molar-refractivity contribution < 1.29 is 14.3 Å². The number of nitrogens with one attached hydrogen (secondary N) is 1.